The van der Waals surface area contributed by atoms with Crippen molar-refractivity contribution in [1.29, 1.82) is 0 Å². The highest BCUT2D eigenvalue weighted by Crippen LogP contribution is 2.52. The quantitative estimate of drug-likeness (QED) is 0.402. The Morgan fingerprint density at radius 2 is 1.67 bits per heavy atom. The lowest BCUT2D eigenvalue weighted by Crippen LogP contribution is -2.68. The van der Waals surface area contributed by atoms with Crippen molar-refractivity contribution < 1.29 is 4.79 Å². The largest absolute Gasteiger partial charge is 0.344 e. The molecule has 5 heteroatoms. The van der Waals surface area contributed by atoms with Crippen LogP contribution in [0.1, 0.15) is 37.1 Å². The Balaban J connectivity index is 1.49. The zero-order valence-electron chi connectivity index (χ0n) is 20.9. The molecule has 3 aromatic carbocycles. The van der Waals surface area contributed by atoms with Gasteiger partial charge in [0.25, 0.3) is 0 Å². The van der Waals surface area contributed by atoms with E-state index in [4.69, 9.17) is 5.10 Å². The average Bonchev–Trinajstić information content (AvgIpc) is 3.40. The molecule has 1 fully saturated rings. The first-order chi connectivity index (χ1) is 17.4. The van der Waals surface area contributed by atoms with E-state index >= 15 is 0 Å². The lowest BCUT2D eigenvalue weighted by molar-refractivity contribution is -0.124. The fourth-order valence-corrected chi connectivity index (χ4v) is 5.68. The lowest BCUT2D eigenvalue weighted by Gasteiger charge is -2.49. The molecule has 6 rings (SSSR count). The van der Waals surface area contributed by atoms with E-state index in [1.165, 1.54) is 16.8 Å². The number of carbonyl (C=O) groups excluding carboxylic acids is 1. The summed E-state index contributed by atoms with van der Waals surface area (Å²) >= 11 is 0. The number of amides is 1. The lowest BCUT2D eigenvalue weighted by atomic mass is 9.74. The molecule has 0 unspecified atom stereocenters. The van der Waals surface area contributed by atoms with E-state index in [0.717, 1.165) is 22.6 Å². The van der Waals surface area contributed by atoms with Gasteiger partial charge in [0.15, 0.2) is 0 Å². The fourth-order valence-electron chi connectivity index (χ4n) is 5.68. The zero-order valence-corrected chi connectivity index (χ0v) is 20.9. The number of fused-ring (bicyclic) bond motifs is 3. The molecule has 0 aliphatic carbocycles. The number of nitrogens with one attached hydrogen (secondary N) is 1. The van der Waals surface area contributed by atoms with Crippen LogP contribution < -0.4 is 10.2 Å². The SMILES string of the molecule is Cc1ccc(-c2cc(/C=C/[C@]34NC(=O)CCN3c3ccccc3C4(C)C)n(-c3ccccc3)n2)cc1. The van der Waals surface area contributed by atoms with Crippen molar-refractivity contribution in [2.75, 3.05) is 11.4 Å². The summed E-state index contributed by atoms with van der Waals surface area (Å²) in [4.78, 5) is 15.1. The molecule has 0 saturated carbocycles. The minimum absolute atomic E-state index is 0.0775. The number of rotatable bonds is 4. The Morgan fingerprint density at radius 1 is 0.944 bits per heavy atom. The van der Waals surface area contributed by atoms with Gasteiger partial charge in [0.1, 0.15) is 5.66 Å². The van der Waals surface area contributed by atoms with E-state index in [2.05, 4.69) is 110 Å². The van der Waals surface area contributed by atoms with Gasteiger partial charge in [-0.3, -0.25) is 4.79 Å². The van der Waals surface area contributed by atoms with Gasteiger partial charge in [0, 0.05) is 29.6 Å². The molecule has 4 aromatic rings. The number of nitrogens with zero attached hydrogens (tertiary/aromatic N) is 3. The molecule has 2 aliphatic rings. The number of anilines is 1. The second kappa shape index (κ2) is 8.23. The molecule has 0 radical (unpaired) electrons. The number of aryl methyl sites for hydroxylation is 1. The summed E-state index contributed by atoms with van der Waals surface area (Å²) < 4.78 is 1.98. The molecule has 5 nitrogen and oxygen atoms in total. The van der Waals surface area contributed by atoms with Crippen LogP contribution in [0, 0.1) is 6.92 Å². The van der Waals surface area contributed by atoms with E-state index in [1.54, 1.807) is 0 Å². The van der Waals surface area contributed by atoms with Gasteiger partial charge in [-0.15, -0.1) is 0 Å². The van der Waals surface area contributed by atoms with Gasteiger partial charge >= 0.3 is 0 Å². The smallest absolute Gasteiger partial charge is 0.223 e. The summed E-state index contributed by atoms with van der Waals surface area (Å²) in [5.74, 6) is 0.0775. The number of hydrogen-bond donors (Lipinski definition) is 1. The maximum atomic E-state index is 12.8. The van der Waals surface area contributed by atoms with E-state index in [1.807, 2.05) is 22.9 Å². The maximum absolute atomic E-state index is 12.8. The third-order valence-corrected chi connectivity index (χ3v) is 7.72. The Morgan fingerprint density at radius 3 is 2.44 bits per heavy atom. The van der Waals surface area contributed by atoms with Gasteiger partial charge in [-0.05, 0) is 48.9 Å². The first kappa shape index (κ1) is 22.4. The highest BCUT2D eigenvalue weighted by molar-refractivity contribution is 5.84. The van der Waals surface area contributed by atoms with Gasteiger partial charge in [-0.1, -0.05) is 80.1 Å². The predicted molar refractivity (Wildman–Crippen MR) is 145 cm³/mol. The highest BCUT2D eigenvalue weighted by atomic mass is 16.2. The predicted octanol–water partition coefficient (Wildman–Crippen LogP) is 5.87. The van der Waals surface area contributed by atoms with Crippen LogP contribution in [0.15, 0.2) is 91.0 Å². The van der Waals surface area contributed by atoms with Crippen molar-refractivity contribution in [2.45, 2.75) is 38.3 Å². The third-order valence-electron chi connectivity index (χ3n) is 7.72. The maximum Gasteiger partial charge on any atom is 0.223 e. The van der Waals surface area contributed by atoms with Gasteiger partial charge in [-0.25, -0.2) is 4.68 Å². The summed E-state index contributed by atoms with van der Waals surface area (Å²) in [6, 6.07) is 29.2. The topological polar surface area (TPSA) is 50.2 Å². The molecular formula is C31H30N4O. The molecule has 0 spiro atoms. The molecule has 2 aliphatic heterocycles. The molecule has 1 saturated heterocycles. The summed E-state index contributed by atoms with van der Waals surface area (Å²) in [6.07, 6.45) is 4.77. The first-order valence-corrected chi connectivity index (χ1v) is 12.5. The van der Waals surface area contributed by atoms with Crippen LogP contribution in [0.2, 0.25) is 0 Å². The Labute approximate surface area is 212 Å². The van der Waals surface area contributed by atoms with Crippen LogP contribution in [-0.2, 0) is 10.2 Å². The number of hydrogen-bond acceptors (Lipinski definition) is 3. The molecule has 1 amide bonds. The standard InChI is InChI=1S/C31H30N4O/c1-22-13-15-23(16-14-22)27-21-25(35(33-27)24-9-5-4-6-10-24)17-19-31-30(2,3)26-11-7-8-12-28(26)34(31)20-18-29(36)32-31/h4-17,19,21H,18,20H2,1-3H3,(H,32,36)/b19-17+/t31-/m0/s1. The van der Waals surface area contributed by atoms with Crippen LogP contribution >= 0.6 is 0 Å². The van der Waals surface area contributed by atoms with E-state index < -0.39 is 5.66 Å². The molecule has 3 heterocycles. The van der Waals surface area contributed by atoms with Gasteiger partial charge < -0.3 is 10.2 Å². The third kappa shape index (κ3) is 3.38. The summed E-state index contributed by atoms with van der Waals surface area (Å²) in [7, 11) is 0. The molecule has 1 N–H and O–H groups in total. The molecule has 0 bridgehead atoms. The first-order valence-electron chi connectivity index (χ1n) is 12.5. The van der Waals surface area contributed by atoms with Crippen LogP contribution in [0.3, 0.4) is 0 Å². The van der Waals surface area contributed by atoms with E-state index in [-0.39, 0.29) is 11.3 Å². The van der Waals surface area contributed by atoms with Crippen molar-refractivity contribution in [1.82, 2.24) is 15.1 Å². The summed E-state index contributed by atoms with van der Waals surface area (Å²) in [6.45, 7) is 7.20. The molecule has 36 heavy (non-hydrogen) atoms. The van der Waals surface area contributed by atoms with E-state index in [9.17, 15) is 4.79 Å². The highest BCUT2D eigenvalue weighted by Gasteiger charge is 2.57. The number of aromatic nitrogens is 2. The average molecular weight is 475 g/mol. The minimum atomic E-state index is -0.665. The van der Waals surface area contributed by atoms with Crippen molar-refractivity contribution in [2.24, 2.45) is 0 Å². The van der Waals surface area contributed by atoms with Gasteiger partial charge in [-0.2, -0.15) is 5.10 Å². The summed E-state index contributed by atoms with van der Waals surface area (Å²) in [5.41, 5.74) is 6.59. The zero-order chi connectivity index (χ0) is 24.9. The van der Waals surface area contributed by atoms with Crippen LogP contribution in [0.5, 0.6) is 0 Å². The number of para-hydroxylation sites is 2. The number of benzene rings is 3. The monoisotopic (exact) mass is 474 g/mol. The molecule has 180 valence electrons. The van der Waals surface area contributed by atoms with Crippen molar-refractivity contribution in [3.05, 3.63) is 108 Å². The normalized spacial score (nSPS) is 20.3. The van der Waals surface area contributed by atoms with Crippen molar-refractivity contribution in [3.63, 3.8) is 0 Å². The van der Waals surface area contributed by atoms with Gasteiger partial charge in [0.05, 0.1) is 17.1 Å². The van der Waals surface area contributed by atoms with Crippen LogP contribution in [0.4, 0.5) is 5.69 Å². The second-order valence-corrected chi connectivity index (χ2v) is 10.3. The van der Waals surface area contributed by atoms with Crippen molar-refractivity contribution in [3.8, 4) is 16.9 Å². The minimum Gasteiger partial charge on any atom is -0.344 e. The van der Waals surface area contributed by atoms with Crippen molar-refractivity contribution >= 4 is 17.7 Å². The van der Waals surface area contributed by atoms with Gasteiger partial charge in [0.2, 0.25) is 5.91 Å². The summed E-state index contributed by atoms with van der Waals surface area (Å²) in [5, 5.41) is 8.36. The Bertz CT molecular complexity index is 1470. The van der Waals surface area contributed by atoms with Crippen LogP contribution in [-0.4, -0.2) is 27.9 Å². The Kier molecular flexibility index (Phi) is 5.11. The Hall–Kier alpha value is -4.12. The molecule has 1 atom stereocenters. The van der Waals surface area contributed by atoms with E-state index in [0.29, 0.717) is 13.0 Å². The molecular weight excluding hydrogens is 444 g/mol. The molecule has 1 aromatic heterocycles. The second-order valence-electron chi connectivity index (χ2n) is 10.3. The van der Waals surface area contributed by atoms with Crippen LogP contribution in [0.25, 0.3) is 23.0 Å². The fraction of sp³-hybridized carbons (Fsp3) is 0.226. The number of carbonyl (C=O) groups is 1.